The summed E-state index contributed by atoms with van der Waals surface area (Å²) in [6, 6.07) is 7.65. The van der Waals surface area contributed by atoms with Crippen LogP contribution in [0.25, 0.3) is 11.0 Å². The number of hydrogen-bond donors (Lipinski definition) is 1. The molecule has 0 spiro atoms. The standard InChI is InChI=1S/C13H15N3O/c1-3-9(2)15-13(17)12-8-14-10-6-4-5-7-11(10)16-12/h4-9H,3H2,1-2H3,(H,15,17). The van der Waals surface area contributed by atoms with Crippen molar-refractivity contribution in [3.63, 3.8) is 0 Å². The summed E-state index contributed by atoms with van der Waals surface area (Å²) in [5, 5.41) is 2.87. The second kappa shape index (κ2) is 4.91. The lowest BCUT2D eigenvalue weighted by atomic mass is 10.2. The van der Waals surface area contributed by atoms with Gasteiger partial charge in [0.2, 0.25) is 0 Å². The predicted octanol–water partition coefficient (Wildman–Crippen LogP) is 2.16. The Hall–Kier alpha value is -1.97. The van der Waals surface area contributed by atoms with Gasteiger partial charge in [-0.05, 0) is 25.5 Å². The third-order valence-electron chi connectivity index (χ3n) is 2.67. The first-order valence-electron chi connectivity index (χ1n) is 5.73. The van der Waals surface area contributed by atoms with E-state index in [-0.39, 0.29) is 11.9 Å². The highest BCUT2D eigenvalue weighted by molar-refractivity contribution is 5.93. The van der Waals surface area contributed by atoms with Gasteiger partial charge in [0, 0.05) is 6.04 Å². The minimum Gasteiger partial charge on any atom is -0.348 e. The van der Waals surface area contributed by atoms with Gasteiger partial charge in [0.05, 0.1) is 17.2 Å². The highest BCUT2D eigenvalue weighted by Gasteiger charge is 2.10. The highest BCUT2D eigenvalue weighted by Crippen LogP contribution is 2.08. The first-order chi connectivity index (χ1) is 8.20. The smallest absolute Gasteiger partial charge is 0.271 e. The van der Waals surface area contributed by atoms with Crippen molar-refractivity contribution in [2.45, 2.75) is 26.3 Å². The van der Waals surface area contributed by atoms with Crippen LogP contribution in [-0.2, 0) is 0 Å². The van der Waals surface area contributed by atoms with Crippen LogP contribution in [0.5, 0.6) is 0 Å². The number of rotatable bonds is 3. The SMILES string of the molecule is CCC(C)NC(=O)c1cnc2ccccc2n1. The van der Waals surface area contributed by atoms with Gasteiger partial charge in [0.1, 0.15) is 5.69 Å². The number of benzene rings is 1. The molecule has 4 nitrogen and oxygen atoms in total. The van der Waals surface area contributed by atoms with Gasteiger partial charge in [-0.15, -0.1) is 0 Å². The van der Waals surface area contributed by atoms with Gasteiger partial charge in [-0.25, -0.2) is 4.98 Å². The molecule has 1 aromatic heterocycles. The molecule has 2 aromatic rings. The number of carbonyl (C=O) groups excluding carboxylic acids is 1. The van der Waals surface area contributed by atoms with E-state index in [1.54, 1.807) is 0 Å². The van der Waals surface area contributed by atoms with E-state index < -0.39 is 0 Å². The number of carbonyl (C=O) groups is 1. The Labute approximate surface area is 100 Å². The lowest BCUT2D eigenvalue weighted by Crippen LogP contribution is -2.32. The van der Waals surface area contributed by atoms with E-state index in [1.165, 1.54) is 6.20 Å². The number of nitrogens with one attached hydrogen (secondary N) is 1. The molecular formula is C13H15N3O. The topological polar surface area (TPSA) is 54.9 Å². The number of nitrogens with zero attached hydrogens (tertiary/aromatic N) is 2. The number of hydrogen-bond acceptors (Lipinski definition) is 3. The van der Waals surface area contributed by atoms with Crippen molar-refractivity contribution < 1.29 is 4.79 Å². The van der Waals surface area contributed by atoms with Crippen LogP contribution in [0.2, 0.25) is 0 Å². The van der Waals surface area contributed by atoms with Gasteiger partial charge in [-0.1, -0.05) is 19.1 Å². The Morgan fingerprint density at radius 2 is 2.06 bits per heavy atom. The molecule has 0 aliphatic heterocycles. The Bertz CT molecular complexity index is 539. The summed E-state index contributed by atoms with van der Waals surface area (Å²) in [5.74, 6) is -0.169. The zero-order valence-corrected chi connectivity index (χ0v) is 9.97. The fourth-order valence-corrected chi connectivity index (χ4v) is 1.47. The third kappa shape index (κ3) is 2.58. The molecule has 1 amide bonds. The molecule has 0 aliphatic rings. The summed E-state index contributed by atoms with van der Waals surface area (Å²) >= 11 is 0. The molecule has 1 heterocycles. The van der Waals surface area contributed by atoms with E-state index in [0.29, 0.717) is 5.69 Å². The molecule has 0 aliphatic carbocycles. The molecule has 1 N–H and O–H groups in total. The Kier molecular flexibility index (Phi) is 3.32. The van der Waals surface area contributed by atoms with Gasteiger partial charge < -0.3 is 5.32 Å². The van der Waals surface area contributed by atoms with Crippen molar-refractivity contribution in [3.05, 3.63) is 36.2 Å². The fourth-order valence-electron chi connectivity index (χ4n) is 1.47. The van der Waals surface area contributed by atoms with Crippen LogP contribution in [0.3, 0.4) is 0 Å². The van der Waals surface area contributed by atoms with E-state index in [2.05, 4.69) is 15.3 Å². The fraction of sp³-hybridized carbons (Fsp3) is 0.308. The molecule has 17 heavy (non-hydrogen) atoms. The summed E-state index contributed by atoms with van der Waals surface area (Å²) in [7, 11) is 0. The monoisotopic (exact) mass is 229 g/mol. The Morgan fingerprint density at radius 3 is 2.76 bits per heavy atom. The molecule has 4 heteroatoms. The van der Waals surface area contributed by atoms with E-state index in [9.17, 15) is 4.79 Å². The predicted molar refractivity (Wildman–Crippen MR) is 66.8 cm³/mol. The van der Waals surface area contributed by atoms with Crippen molar-refractivity contribution in [1.29, 1.82) is 0 Å². The first-order valence-corrected chi connectivity index (χ1v) is 5.73. The van der Waals surface area contributed by atoms with E-state index in [1.807, 2.05) is 38.1 Å². The number of fused-ring (bicyclic) bond motifs is 1. The summed E-state index contributed by atoms with van der Waals surface area (Å²) in [6.45, 7) is 3.99. The lowest BCUT2D eigenvalue weighted by molar-refractivity contribution is 0.0934. The molecule has 1 aromatic carbocycles. The molecule has 2 rings (SSSR count). The first kappa shape index (κ1) is 11.5. The van der Waals surface area contributed by atoms with E-state index >= 15 is 0 Å². The van der Waals surface area contributed by atoms with Gasteiger partial charge >= 0.3 is 0 Å². The Balaban J connectivity index is 2.27. The maximum atomic E-state index is 11.8. The molecule has 0 bridgehead atoms. The molecule has 1 atom stereocenters. The van der Waals surface area contributed by atoms with Crippen LogP contribution in [0.4, 0.5) is 0 Å². The van der Waals surface area contributed by atoms with Crippen LogP contribution >= 0.6 is 0 Å². The maximum Gasteiger partial charge on any atom is 0.271 e. The van der Waals surface area contributed by atoms with Gasteiger partial charge in [-0.2, -0.15) is 0 Å². The molecule has 0 fully saturated rings. The van der Waals surface area contributed by atoms with Crippen LogP contribution < -0.4 is 5.32 Å². The molecular weight excluding hydrogens is 214 g/mol. The minimum absolute atomic E-state index is 0.149. The van der Waals surface area contributed by atoms with Crippen molar-refractivity contribution in [2.24, 2.45) is 0 Å². The van der Waals surface area contributed by atoms with Crippen LogP contribution in [0.15, 0.2) is 30.5 Å². The Morgan fingerprint density at radius 1 is 1.35 bits per heavy atom. The number of amides is 1. The lowest BCUT2D eigenvalue weighted by Gasteiger charge is -2.10. The second-order valence-electron chi connectivity index (χ2n) is 4.03. The number of para-hydroxylation sites is 2. The molecule has 0 saturated heterocycles. The van der Waals surface area contributed by atoms with Gasteiger partial charge in [0.25, 0.3) is 5.91 Å². The zero-order chi connectivity index (χ0) is 12.3. The van der Waals surface area contributed by atoms with Crippen molar-refractivity contribution in [3.8, 4) is 0 Å². The van der Waals surface area contributed by atoms with Crippen LogP contribution in [0.1, 0.15) is 30.8 Å². The average molecular weight is 229 g/mol. The summed E-state index contributed by atoms with van der Waals surface area (Å²) in [5.41, 5.74) is 1.90. The van der Waals surface area contributed by atoms with E-state index in [4.69, 9.17) is 0 Å². The van der Waals surface area contributed by atoms with Crippen molar-refractivity contribution in [2.75, 3.05) is 0 Å². The second-order valence-corrected chi connectivity index (χ2v) is 4.03. The van der Waals surface area contributed by atoms with Crippen molar-refractivity contribution in [1.82, 2.24) is 15.3 Å². The van der Waals surface area contributed by atoms with Gasteiger partial charge in [-0.3, -0.25) is 9.78 Å². The largest absolute Gasteiger partial charge is 0.348 e. The third-order valence-corrected chi connectivity index (χ3v) is 2.67. The zero-order valence-electron chi connectivity index (χ0n) is 9.97. The molecule has 1 unspecified atom stereocenters. The van der Waals surface area contributed by atoms with Crippen LogP contribution in [0, 0.1) is 0 Å². The maximum absolute atomic E-state index is 11.8. The summed E-state index contributed by atoms with van der Waals surface area (Å²) in [6.07, 6.45) is 2.41. The molecule has 0 radical (unpaired) electrons. The quantitative estimate of drug-likeness (QED) is 0.877. The normalized spacial score (nSPS) is 12.4. The van der Waals surface area contributed by atoms with Crippen molar-refractivity contribution >= 4 is 16.9 Å². The minimum atomic E-state index is -0.169. The van der Waals surface area contributed by atoms with Gasteiger partial charge in [0.15, 0.2) is 0 Å². The average Bonchev–Trinajstić information content (AvgIpc) is 2.38. The highest BCUT2D eigenvalue weighted by atomic mass is 16.1. The molecule has 88 valence electrons. The summed E-state index contributed by atoms with van der Waals surface area (Å²) < 4.78 is 0. The van der Waals surface area contributed by atoms with Crippen LogP contribution in [-0.4, -0.2) is 21.9 Å². The number of aromatic nitrogens is 2. The summed E-state index contributed by atoms with van der Waals surface area (Å²) in [4.78, 5) is 20.3. The van der Waals surface area contributed by atoms with E-state index in [0.717, 1.165) is 17.5 Å². The molecule has 0 saturated carbocycles.